The molecule has 2 heterocycles. The van der Waals surface area contributed by atoms with Gasteiger partial charge in [-0.3, -0.25) is 9.78 Å². The third kappa shape index (κ3) is 2.42. The summed E-state index contributed by atoms with van der Waals surface area (Å²) in [5.74, 6) is -0.217. The number of amides is 1. The molecule has 6 nitrogen and oxygen atoms in total. The predicted octanol–water partition coefficient (Wildman–Crippen LogP) is -0.810. The number of aromatic nitrogens is 2. The van der Waals surface area contributed by atoms with Crippen LogP contribution in [-0.2, 0) is 0 Å². The zero-order valence-electron chi connectivity index (χ0n) is 9.92. The molecule has 0 unspecified atom stereocenters. The Labute approximate surface area is 99.7 Å². The minimum absolute atomic E-state index is 0.203. The summed E-state index contributed by atoms with van der Waals surface area (Å²) in [6.07, 6.45) is 2.50. The number of rotatable bonds is 2. The third-order valence-electron chi connectivity index (χ3n) is 2.97. The molecule has 1 amide bonds. The van der Waals surface area contributed by atoms with E-state index in [9.17, 15) is 9.90 Å². The van der Waals surface area contributed by atoms with Gasteiger partial charge in [-0.15, -0.1) is 0 Å². The molecule has 0 bridgehead atoms. The van der Waals surface area contributed by atoms with Crippen LogP contribution in [-0.4, -0.2) is 58.2 Å². The molecule has 0 radical (unpaired) electrons. The van der Waals surface area contributed by atoms with Gasteiger partial charge in [-0.2, -0.15) is 0 Å². The lowest BCUT2D eigenvalue weighted by molar-refractivity contribution is 0.0575. The fraction of sp³-hybridized carbons (Fsp3) is 0.545. The topological polar surface area (TPSA) is 78.4 Å². The van der Waals surface area contributed by atoms with E-state index >= 15 is 0 Å². The second-order valence-corrected chi connectivity index (χ2v) is 4.25. The molecule has 1 aliphatic rings. The van der Waals surface area contributed by atoms with Crippen molar-refractivity contribution in [3.05, 3.63) is 23.8 Å². The number of aliphatic hydroxyl groups is 1. The quantitative estimate of drug-likeness (QED) is 0.702. The lowest BCUT2D eigenvalue weighted by Crippen LogP contribution is -2.44. The number of hydrogen-bond donors (Lipinski definition) is 2. The minimum atomic E-state index is -0.526. The summed E-state index contributed by atoms with van der Waals surface area (Å²) < 4.78 is 0. The highest BCUT2D eigenvalue weighted by molar-refractivity contribution is 5.92. The molecule has 1 fully saturated rings. The molecule has 2 atom stereocenters. The van der Waals surface area contributed by atoms with Crippen LogP contribution in [0.15, 0.2) is 12.4 Å². The van der Waals surface area contributed by atoms with E-state index in [1.54, 1.807) is 13.2 Å². The van der Waals surface area contributed by atoms with Gasteiger partial charge in [0.15, 0.2) is 0 Å². The van der Waals surface area contributed by atoms with Crippen LogP contribution in [0.4, 0.5) is 0 Å². The first kappa shape index (κ1) is 11.9. The molecular weight excluding hydrogens is 220 g/mol. The molecule has 92 valence electrons. The van der Waals surface area contributed by atoms with Crippen molar-refractivity contribution in [1.29, 1.82) is 0 Å². The largest absolute Gasteiger partial charge is 0.390 e. The Balaban J connectivity index is 2.11. The molecule has 0 aromatic carbocycles. The van der Waals surface area contributed by atoms with Crippen LogP contribution < -0.4 is 5.32 Å². The second kappa shape index (κ2) is 4.77. The van der Waals surface area contributed by atoms with Gasteiger partial charge in [0.1, 0.15) is 5.69 Å². The monoisotopic (exact) mass is 236 g/mol. The van der Waals surface area contributed by atoms with Crippen LogP contribution in [0.1, 0.15) is 16.2 Å². The number of aryl methyl sites for hydroxylation is 1. The maximum absolute atomic E-state index is 12.1. The van der Waals surface area contributed by atoms with Crippen molar-refractivity contribution >= 4 is 5.91 Å². The number of hydrogen-bond acceptors (Lipinski definition) is 5. The van der Waals surface area contributed by atoms with E-state index < -0.39 is 6.10 Å². The molecule has 1 aromatic heterocycles. The molecule has 2 N–H and O–H groups in total. The van der Waals surface area contributed by atoms with Crippen LogP contribution in [0.5, 0.6) is 0 Å². The maximum atomic E-state index is 12.1. The molecule has 1 aromatic rings. The van der Waals surface area contributed by atoms with Crippen molar-refractivity contribution in [2.45, 2.75) is 19.1 Å². The summed E-state index contributed by atoms with van der Waals surface area (Å²) in [4.78, 5) is 21.7. The average Bonchev–Trinajstić information content (AvgIpc) is 2.74. The number of likely N-dealkylation sites (N-methyl/N-ethyl adjacent to an activating group) is 1. The van der Waals surface area contributed by atoms with Crippen LogP contribution in [0, 0.1) is 6.92 Å². The van der Waals surface area contributed by atoms with Crippen molar-refractivity contribution in [3.8, 4) is 0 Å². The van der Waals surface area contributed by atoms with E-state index in [2.05, 4.69) is 15.3 Å². The smallest absolute Gasteiger partial charge is 0.274 e. The van der Waals surface area contributed by atoms with E-state index in [-0.39, 0.29) is 11.9 Å². The van der Waals surface area contributed by atoms with Gasteiger partial charge in [0.2, 0.25) is 0 Å². The summed E-state index contributed by atoms with van der Waals surface area (Å²) in [7, 11) is 1.67. The normalized spacial score (nSPS) is 23.7. The highest BCUT2D eigenvalue weighted by Crippen LogP contribution is 2.10. The van der Waals surface area contributed by atoms with Crippen molar-refractivity contribution in [2.24, 2.45) is 0 Å². The van der Waals surface area contributed by atoms with E-state index in [4.69, 9.17) is 0 Å². The van der Waals surface area contributed by atoms with E-state index in [0.717, 1.165) is 5.69 Å². The molecule has 17 heavy (non-hydrogen) atoms. The van der Waals surface area contributed by atoms with Crippen LogP contribution in [0.25, 0.3) is 0 Å². The Kier molecular flexibility index (Phi) is 3.35. The van der Waals surface area contributed by atoms with Crippen LogP contribution >= 0.6 is 0 Å². The van der Waals surface area contributed by atoms with Gasteiger partial charge in [-0.1, -0.05) is 0 Å². The van der Waals surface area contributed by atoms with Gasteiger partial charge in [0, 0.05) is 26.3 Å². The molecule has 1 saturated heterocycles. The molecule has 0 aliphatic carbocycles. The fourth-order valence-corrected chi connectivity index (χ4v) is 1.88. The Morgan fingerprint density at radius 3 is 2.76 bits per heavy atom. The summed E-state index contributed by atoms with van der Waals surface area (Å²) in [6.45, 7) is 2.93. The van der Waals surface area contributed by atoms with E-state index in [1.807, 2.05) is 6.92 Å². The number of β-amino-alcohol motifs (C(OH)–C–C–N with tert-alkyl or cyclic N) is 1. The van der Waals surface area contributed by atoms with Gasteiger partial charge in [-0.25, -0.2) is 4.98 Å². The number of aliphatic hydroxyl groups excluding tert-OH is 1. The predicted molar refractivity (Wildman–Crippen MR) is 61.5 cm³/mol. The SMILES string of the molecule is Cc1cnc(C(=O)N(C)[C@H]2CNC[C@@H]2O)cn1. The molecule has 6 heteroatoms. The molecule has 0 spiro atoms. The Bertz CT molecular complexity index is 406. The standard InChI is InChI=1S/C11H16N4O2/c1-7-3-14-8(4-13-7)11(17)15(2)9-5-12-6-10(9)16/h3-4,9-10,12,16H,5-6H2,1-2H3/t9-,10-/m0/s1. The zero-order chi connectivity index (χ0) is 12.4. The van der Waals surface area contributed by atoms with Gasteiger partial charge < -0.3 is 15.3 Å². The number of carbonyl (C=O) groups is 1. The molecule has 0 saturated carbocycles. The van der Waals surface area contributed by atoms with E-state index in [0.29, 0.717) is 18.8 Å². The highest BCUT2D eigenvalue weighted by Gasteiger charge is 2.31. The number of nitrogens with one attached hydrogen (secondary N) is 1. The van der Waals surface area contributed by atoms with Crippen molar-refractivity contribution in [2.75, 3.05) is 20.1 Å². The Morgan fingerprint density at radius 2 is 2.24 bits per heavy atom. The summed E-state index contributed by atoms with van der Waals surface area (Å²) in [5, 5.41) is 12.7. The first-order chi connectivity index (χ1) is 8.09. The summed E-state index contributed by atoms with van der Waals surface area (Å²) >= 11 is 0. The van der Waals surface area contributed by atoms with Crippen molar-refractivity contribution in [1.82, 2.24) is 20.2 Å². The molecular formula is C11H16N4O2. The Morgan fingerprint density at radius 1 is 1.47 bits per heavy atom. The molecule has 2 rings (SSSR count). The van der Waals surface area contributed by atoms with Gasteiger partial charge in [-0.05, 0) is 6.92 Å². The maximum Gasteiger partial charge on any atom is 0.274 e. The number of carbonyl (C=O) groups excluding carboxylic acids is 1. The van der Waals surface area contributed by atoms with Crippen LogP contribution in [0.3, 0.4) is 0 Å². The third-order valence-corrected chi connectivity index (χ3v) is 2.97. The fourth-order valence-electron chi connectivity index (χ4n) is 1.88. The van der Waals surface area contributed by atoms with Gasteiger partial charge in [0.05, 0.1) is 24.0 Å². The Hall–Kier alpha value is -1.53. The van der Waals surface area contributed by atoms with Crippen molar-refractivity contribution in [3.63, 3.8) is 0 Å². The van der Waals surface area contributed by atoms with Crippen LogP contribution in [0.2, 0.25) is 0 Å². The highest BCUT2D eigenvalue weighted by atomic mass is 16.3. The van der Waals surface area contributed by atoms with Gasteiger partial charge in [0.25, 0.3) is 5.91 Å². The van der Waals surface area contributed by atoms with Gasteiger partial charge >= 0.3 is 0 Å². The summed E-state index contributed by atoms with van der Waals surface area (Å²) in [6, 6.07) is -0.203. The zero-order valence-corrected chi connectivity index (χ0v) is 9.92. The summed E-state index contributed by atoms with van der Waals surface area (Å²) in [5.41, 5.74) is 1.07. The first-order valence-electron chi connectivity index (χ1n) is 5.54. The number of nitrogens with zero attached hydrogens (tertiary/aromatic N) is 3. The van der Waals surface area contributed by atoms with Crippen molar-refractivity contribution < 1.29 is 9.90 Å². The minimum Gasteiger partial charge on any atom is -0.390 e. The lowest BCUT2D eigenvalue weighted by atomic mass is 10.2. The lowest BCUT2D eigenvalue weighted by Gasteiger charge is -2.25. The average molecular weight is 236 g/mol. The molecule has 1 aliphatic heterocycles. The van der Waals surface area contributed by atoms with E-state index in [1.165, 1.54) is 11.1 Å². The first-order valence-corrected chi connectivity index (χ1v) is 5.54. The second-order valence-electron chi connectivity index (χ2n) is 4.25.